The van der Waals surface area contributed by atoms with E-state index in [0.29, 0.717) is 11.6 Å². The monoisotopic (exact) mass is 312 g/mol. The first-order chi connectivity index (χ1) is 9.70. The number of hydrogen-bond donors (Lipinski definition) is 0. The van der Waals surface area contributed by atoms with Crippen LogP contribution in [0.2, 0.25) is 0 Å². The molecular formula is C14H20N2O4S. The molecule has 1 fully saturated rings. The van der Waals surface area contributed by atoms with Crippen molar-refractivity contribution in [2.24, 2.45) is 5.92 Å². The van der Waals surface area contributed by atoms with E-state index in [4.69, 9.17) is 0 Å². The Bertz CT molecular complexity index is 657. The number of nitrogens with zero attached hydrogens (tertiary/aromatic N) is 2. The number of rotatable bonds is 3. The summed E-state index contributed by atoms with van der Waals surface area (Å²) in [4.78, 5) is 12.4. The maximum Gasteiger partial charge on any atom is 0.290 e. The predicted octanol–water partition coefficient (Wildman–Crippen LogP) is 2.62. The minimum Gasteiger partial charge on any atom is -0.369 e. The molecular weight excluding hydrogens is 292 g/mol. The first-order valence-electron chi connectivity index (χ1n) is 6.95. The Morgan fingerprint density at radius 1 is 1.33 bits per heavy atom. The predicted molar refractivity (Wildman–Crippen MR) is 81.4 cm³/mol. The standard InChI is InChI=1S/C14H20N2O4S/c1-10-6-7-15(11(2)8-10)12-4-5-14(21(3,19)20)13(9-12)16(17)18/h4-5,9-11H,6-8H2,1-3H3/t10-,11-/m1/s1. The Hall–Kier alpha value is -1.63. The van der Waals surface area contributed by atoms with E-state index in [0.717, 1.165) is 25.6 Å². The highest BCUT2D eigenvalue weighted by Crippen LogP contribution is 2.33. The molecule has 0 bridgehead atoms. The van der Waals surface area contributed by atoms with Crippen molar-refractivity contribution in [1.82, 2.24) is 0 Å². The molecule has 2 rings (SSSR count). The van der Waals surface area contributed by atoms with Crippen molar-refractivity contribution in [3.63, 3.8) is 0 Å². The maximum atomic E-state index is 11.6. The molecule has 1 aliphatic heterocycles. The molecule has 1 heterocycles. The molecule has 0 saturated carbocycles. The zero-order valence-corrected chi connectivity index (χ0v) is 13.3. The number of piperidine rings is 1. The van der Waals surface area contributed by atoms with Gasteiger partial charge in [-0.05, 0) is 37.8 Å². The molecule has 21 heavy (non-hydrogen) atoms. The fourth-order valence-electron chi connectivity index (χ4n) is 2.93. The van der Waals surface area contributed by atoms with Crippen molar-refractivity contribution in [1.29, 1.82) is 0 Å². The van der Waals surface area contributed by atoms with Crippen LogP contribution < -0.4 is 4.90 Å². The van der Waals surface area contributed by atoms with Crippen molar-refractivity contribution in [3.8, 4) is 0 Å². The largest absolute Gasteiger partial charge is 0.369 e. The van der Waals surface area contributed by atoms with Gasteiger partial charge in [0, 0.05) is 30.6 Å². The van der Waals surface area contributed by atoms with Crippen LogP contribution in [0.3, 0.4) is 0 Å². The molecule has 0 amide bonds. The van der Waals surface area contributed by atoms with E-state index in [-0.39, 0.29) is 16.6 Å². The number of hydrogen-bond acceptors (Lipinski definition) is 5. The number of anilines is 1. The lowest BCUT2D eigenvalue weighted by Crippen LogP contribution is -2.40. The van der Waals surface area contributed by atoms with Gasteiger partial charge in [-0.3, -0.25) is 10.1 Å². The average Bonchev–Trinajstić information content (AvgIpc) is 2.37. The van der Waals surface area contributed by atoms with Crippen LogP contribution in [0.4, 0.5) is 11.4 Å². The average molecular weight is 312 g/mol. The Balaban J connectivity index is 2.43. The van der Waals surface area contributed by atoms with E-state index in [2.05, 4.69) is 18.7 Å². The summed E-state index contributed by atoms with van der Waals surface area (Å²) < 4.78 is 23.3. The molecule has 0 unspecified atom stereocenters. The SMILES string of the molecule is C[C@@H]1CCN(c2ccc(S(C)(=O)=O)c([N+](=O)[O-])c2)[C@H](C)C1. The van der Waals surface area contributed by atoms with Crippen LogP contribution in [0.5, 0.6) is 0 Å². The van der Waals surface area contributed by atoms with Crippen LogP contribution in [0.15, 0.2) is 23.1 Å². The van der Waals surface area contributed by atoms with E-state index in [1.54, 1.807) is 6.07 Å². The van der Waals surface area contributed by atoms with Gasteiger partial charge in [0.1, 0.15) is 4.90 Å². The Kier molecular flexibility index (Phi) is 4.22. The van der Waals surface area contributed by atoms with Gasteiger partial charge in [-0.25, -0.2) is 8.42 Å². The van der Waals surface area contributed by atoms with E-state index < -0.39 is 14.8 Å². The van der Waals surface area contributed by atoms with Gasteiger partial charge < -0.3 is 4.90 Å². The summed E-state index contributed by atoms with van der Waals surface area (Å²) >= 11 is 0. The normalized spacial score (nSPS) is 23.1. The third-order valence-corrected chi connectivity index (χ3v) is 5.15. The van der Waals surface area contributed by atoms with Gasteiger partial charge in [0.2, 0.25) is 0 Å². The molecule has 116 valence electrons. The highest BCUT2D eigenvalue weighted by molar-refractivity contribution is 7.90. The van der Waals surface area contributed by atoms with Crippen LogP contribution in [-0.4, -0.2) is 32.2 Å². The highest BCUT2D eigenvalue weighted by atomic mass is 32.2. The lowest BCUT2D eigenvalue weighted by Gasteiger charge is -2.38. The van der Waals surface area contributed by atoms with Crippen LogP contribution in [0.1, 0.15) is 26.7 Å². The summed E-state index contributed by atoms with van der Waals surface area (Å²) in [5.74, 6) is 0.640. The van der Waals surface area contributed by atoms with E-state index in [1.165, 1.54) is 12.1 Å². The Morgan fingerprint density at radius 2 is 2.00 bits per heavy atom. The molecule has 1 saturated heterocycles. The first kappa shape index (κ1) is 15.8. The van der Waals surface area contributed by atoms with Crippen molar-refractivity contribution >= 4 is 21.2 Å². The molecule has 2 atom stereocenters. The molecule has 0 spiro atoms. The smallest absolute Gasteiger partial charge is 0.290 e. The van der Waals surface area contributed by atoms with E-state index in [9.17, 15) is 18.5 Å². The number of nitro benzene ring substituents is 1. The fraction of sp³-hybridized carbons (Fsp3) is 0.571. The number of sulfone groups is 1. The third kappa shape index (κ3) is 3.34. The van der Waals surface area contributed by atoms with E-state index in [1.807, 2.05) is 0 Å². The van der Waals surface area contributed by atoms with E-state index >= 15 is 0 Å². The van der Waals surface area contributed by atoms with Gasteiger partial charge in [-0.1, -0.05) is 6.92 Å². The van der Waals surface area contributed by atoms with Crippen molar-refractivity contribution in [2.75, 3.05) is 17.7 Å². The molecule has 0 N–H and O–H groups in total. The second-order valence-corrected chi connectivity index (χ2v) is 7.84. The van der Waals surface area contributed by atoms with Gasteiger partial charge in [-0.2, -0.15) is 0 Å². The van der Waals surface area contributed by atoms with Crippen molar-refractivity contribution in [2.45, 2.75) is 37.6 Å². The number of benzene rings is 1. The summed E-state index contributed by atoms with van der Waals surface area (Å²) in [6, 6.07) is 4.67. The van der Waals surface area contributed by atoms with Crippen molar-refractivity contribution in [3.05, 3.63) is 28.3 Å². The third-order valence-electron chi connectivity index (χ3n) is 4.01. The summed E-state index contributed by atoms with van der Waals surface area (Å²) in [6.45, 7) is 5.12. The molecule has 0 aromatic heterocycles. The van der Waals surface area contributed by atoms with Crippen molar-refractivity contribution < 1.29 is 13.3 Å². The zero-order chi connectivity index (χ0) is 15.8. The quantitative estimate of drug-likeness (QED) is 0.633. The van der Waals surface area contributed by atoms with Gasteiger partial charge >= 0.3 is 0 Å². The lowest BCUT2D eigenvalue weighted by molar-refractivity contribution is -0.387. The molecule has 1 aromatic carbocycles. The minimum absolute atomic E-state index is 0.228. The summed E-state index contributed by atoms with van der Waals surface area (Å²) in [6.07, 6.45) is 3.05. The van der Waals surface area contributed by atoms with Crippen LogP contribution in [0, 0.1) is 16.0 Å². The van der Waals surface area contributed by atoms with Gasteiger partial charge in [0.15, 0.2) is 9.84 Å². The molecule has 0 aliphatic carbocycles. The second kappa shape index (κ2) is 5.63. The first-order valence-corrected chi connectivity index (χ1v) is 8.84. The minimum atomic E-state index is -3.61. The fourth-order valence-corrected chi connectivity index (χ4v) is 3.76. The Labute approximate surface area is 124 Å². The van der Waals surface area contributed by atoms with Crippen LogP contribution in [0.25, 0.3) is 0 Å². The molecule has 0 radical (unpaired) electrons. The topological polar surface area (TPSA) is 80.5 Å². The molecule has 7 heteroatoms. The van der Waals surface area contributed by atoms with Crippen LogP contribution in [-0.2, 0) is 9.84 Å². The maximum absolute atomic E-state index is 11.6. The van der Waals surface area contributed by atoms with Gasteiger partial charge in [0.05, 0.1) is 4.92 Å². The Morgan fingerprint density at radius 3 is 2.52 bits per heavy atom. The second-order valence-electron chi connectivity index (χ2n) is 5.85. The molecule has 6 nitrogen and oxygen atoms in total. The zero-order valence-electron chi connectivity index (χ0n) is 12.4. The summed E-state index contributed by atoms with van der Waals surface area (Å²) in [5.41, 5.74) is 0.370. The summed E-state index contributed by atoms with van der Waals surface area (Å²) in [7, 11) is -3.61. The summed E-state index contributed by atoms with van der Waals surface area (Å²) in [5, 5.41) is 11.2. The highest BCUT2D eigenvalue weighted by Gasteiger charge is 2.27. The molecule has 1 aromatic rings. The lowest BCUT2D eigenvalue weighted by atomic mass is 9.93. The van der Waals surface area contributed by atoms with Gasteiger partial charge in [0.25, 0.3) is 5.69 Å². The number of nitro groups is 1. The van der Waals surface area contributed by atoms with Crippen LogP contribution >= 0.6 is 0 Å². The molecule has 1 aliphatic rings. The van der Waals surface area contributed by atoms with Gasteiger partial charge in [-0.15, -0.1) is 0 Å².